The number of aliphatic imine (C=N–C) groups is 1. The summed E-state index contributed by atoms with van der Waals surface area (Å²) in [6.07, 6.45) is 0. The zero-order valence-electron chi connectivity index (χ0n) is 13.0. The molecule has 120 valence electrons. The van der Waals surface area contributed by atoms with Crippen molar-refractivity contribution >= 4 is 33.9 Å². The molecule has 0 aliphatic heterocycles. The predicted molar refractivity (Wildman–Crippen MR) is 99.8 cm³/mol. The molecule has 0 saturated carbocycles. The molecular weight excluding hydrogens is 326 g/mol. The minimum absolute atomic E-state index is 0.0649. The Bertz CT molecular complexity index is 584. The normalized spacial score (nSPS) is 10.1. The van der Waals surface area contributed by atoms with Crippen LogP contribution in [0.25, 0.3) is 0 Å². The van der Waals surface area contributed by atoms with Crippen LogP contribution in [0.2, 0.25) is 0 Å². The number of rotatable bonds is 6. The Kier molecular flexibility index (Phi) is 7.77. The van der Waals surface area contributed by atoms with Crippen LogP contribution < -0.4 is 0 Å². The molecule has 2 aromatic rings. The van der Waals surface area contributed by atoms with Gasteiger partial charge in [0, 0.05) is 11.5 Å². The molecule has 0 aliphatic rings. The average Bonchev–Trinajstić information content (AvgIpc) is 2.62. The van der Waals surface area contributed by atoms with Crippen LogP contribution in [0.3, 0.4) is 0 Å². The van der Waals surface area contributed by atoms with Gasteiger partial charge >= 0.3 is 5.97 Å². The van der Waals surface area contributed by atoms with E-state index in [1.54, 1.807) is 23.5 Å². The fourth-order valence-corrected chi connectivity index (χ4v) is 3.73. The van der Waals surface area contributed by atoms with Crippen LogP contribution in [0.4, 0.5) is 0 Å². The Morgan fingerprint density at radius 1 is 0.913 bits per heavy atom. The van der Waals surface area contributed by atoms with Crippen molar-refractivity contribution in [2.75, 3.05) is 13.7 Å². The molecule has 23 heavy (non-hydrogen) atoms. The lowest BCUT2D eigenvalue weighted by molar-refractivity contribution is -0.138. The lowest BCUT2D eigenvalue weighted by atomic mass is 10.2. The van der Waals surface area contributed by atoms with Gasteiger partial charge in [0.05, 0.1) is 7.11 Å². The molecule has 0 aliphatic carbocycles. The molecule has 0 spiro atoms. The summed E-state index contributed by atoms with van der Waals surface area (Å²) in [5, 5.41) is 0. The molecule has 5 heteroatoms. The van der Waals surface area contributed by atoms with Crippen LogP contribution in [0.1, 0.15) is 11.1 Å². The van der Waals surface area contributed by atoms with E-state index in [0.29, 0.717) is 0 Å². The summed E-state index contributed by atoms with van der Waals surface area (Å²) in [5.74, 6) is 1.36. The molecule has 0 unspecified atom stereocenters. The number of nitrogens with zero attached hydrogens (tertiary/aromatic N) is 1. The minimum Gasteiger partial charge on any atom is -0.468 e. The van der Waals surface area contributed by atoms with Gasteiger partial charge < -0.3 is 4.74 Å². The number of benzene rings is 2. The van der Waals surface area contributed by atoms with Gasteiger partial charge in [0.25, 0.3) is 0 Å². The van der Waals surface area contributed by atoms with Crippen LogP contribution in [0.15, 0.2) is 65.7 Å². The van der Waals surface area contributed by atoms with Crippen molar-refractivity contribution in [3.05, 3.63) is 71.8 Å². The SMILES string of the molecule is COC(=O)CN=C(SCc1ccccc1)SCc1ccccc1. The van der Waals surface area contributed by atoms with Crippen molar-refractivity contribution in [1.82, 2.24) is 0 Å². The van der Waals surface area contributed by atoms with Crippen molar-refractivity contribution in [3.8, 4) is 0 Å². The van der Waals surface area contributed by atoms with Gasteiger partial charge in [-0.1, -0.05) is 84.2 Å². The molecular formula is C18H19NO2S2. The number of carbonyl (C=O) groups excluding carboxylic acids is 1. The molecule has 2 aromatic carbocycles. The lowest BCUT2D eigenvalue weighted by Crippen LogP contribution is -2.05. The first-order chi connectivity index (χ1) is 11.3. The second-order valence-corrected chi connectivity index (χ2v) is 6.89. The zero-order chi connectivity index (χ0) is 16.3. The number of ether oxygens (including phenoxy) is 1. The van der Waals surface area contributed by atoms with Crippen LogP contribution in [0, 0.1) is 0 Å². The molecule has 0 atom stereocenters. The number of carbonyl (C=O) groups is 1. The second kappa shape index (κ2) is 10.1. The summed E-state index contributed by atoms with van der Waals surface area (Å²) in [6.45, 7) is 0.0649. The van der Waals surface area contributed by atoms with Crippen molar-refractivity contribution in [1.29, 1.82) is 0 Å². The highest BCUT2D eigenvalue weighted by Crippen LogP contribution is 2.24. The quantitative estimate of drug-likeness (QED) is 0.442. The average molecular weight is 345 g/mol. The summed E-state index contributed by atoms with van der Waals surface area (Å²) in [4.78, 5) is 15.7. The third kappa shape index (κ3) is 6.93. The van der Waals surface area contributed by atoms with E-state index in [4.69, 9.17) is 0 Å². The monoisotopic (exact) mass is 345 g/mol. The first-order valence-corrected chi connectivity index (χ1v) is 9.20. The van der Waals surface area contributed by atoms with E-state index < -0.39 is 0 Å². The van der Waals surface area contributed by atoms with E-state index in [1.165, 1.54) is 18.2 Å². The van der Waals surface area contributed by atoms with Crippen LogP contribution in [0.5, 0.6) is 0 Å². The van der Waals surface area contributed by atoms with Crippen LogP contribution in [-0.2, 0) is 21.0 Å². The second-order valence-electron chi connectivity index (χ2n) is 4.71. The molecule has 0 radical (unpaired) electrons. The predicted octanol–water partition coefficient (Wildman–Crippen LogP) is 4.38. The van der Waals surface area contributed by atoms with Gasteiger partial charge in [0.1, 0.15) is 10.9 Å². The van der Waals surface area contributed by atoms with Gasteiger partial charge in [-0.3, -0.25) is 9.79 Å². The van der Waals surface area contributed by atoms with E-state index in [0.717, 1.165) is 15.9 Å². The van der Waals surface area contributed by atoms with Crippen molar-refractivity contribution in [3.63, 3.8) is 0 Å². The molecule has 0 N–H and O–H groups in total. The van der Waals surface area contributed by atoms with E-state index in [-0.39, 0.29) is 12.5 Å². The Morgan fingerprint density at radius 3 is 1.83 bits per heavy atom. The van der Waals surface area contributed by atoms with E-state index in [9.17, 15) is 4.79 Å². The Balaban J connectivity index is 1.95. The van der Waals surface area contributed by atoms with Gasteiger partial charge in [-0.25, -0.2) is 0 Å². The van der Waals surface area contributed by atoms with E-state index in [2.05, 4.69) is 34.0 Å². The summed E-state index contributed by atoms with van der Waals surface area (Å²) in [6, 6.07) is 20.5. The van der Waals surface area contributed by atoms with Gasteiger partial charge in [-0.2, -0.15) is 0 Å². The summed E-state index contributed by atoms with van der Waals surface area (Å²) >= 11 is 3.30. The largest absolute Gasteiger partial charge is 0.468 e. The number of hydrogen-bond acceptors (Lipinski definition) is 5. The molecule has 2 rings (SSSR count). The highest BCUT2D eigenvalue weighted by atomic mass is 32.2. The Morgan fingerprint density at radius 2 is 1.39 bits per heavy atom. The minimum atomic E-state index is -0.317. The van der Waals surface area contributed by atoms with Crippen molar-refractivity contribution in [2.45, 2.75) is 11.5 Å². The maximum atomic E-state index is 11.3. The maximum absolute atomic E-state index is 11.3. The number of hydrogen-bond donors (Lipinski definition) is 0. The maximum Gasteiger partial charge on any atom is 0.327 e. The first kappa shape index (κ1) is 17.6. The molecule has 0 saturated heterocycles. The first-order valence-electron chi connectivity index (χ1n) is 7.22. The summed E-state index contributed by atoms with van der Waals surface area (Å²) in [5.41, 5.74) is 2.48. The smallest absolute Gasteiger partial charge is 0.327 e. The molecule has 0 amide bonds. The van der Waals surface area contributed by atoms with Crippen molar-refractivity contribution in [2.24, 2.45) is 4.99 Å². The molecule has 0 heterocycles. The number of esters is 1. The highest BCUT2D eigenvalue weighted by molar-refractivity contribution is 8.38. The van der Waals surface area contributed by atoms with Crippen molar-refractivity contribution < 1.29 is 9.53 Å². The lowest BCUT2D eigenvalue weighted by Gasteiger charge is -2.07. The molecule has 3 nitrogen and oxygen atoms in total. The van der Waals surface area contributed by atoms with Gasteiger partial charge in [0.15, 0.2) is 0 Å². The summed E-state index contributed by atoms with van der Waals surface area (Å²) in [7, 11) is 1.38. The van der Waals surface area contributed by atoms with E-state index >= 15 is 0 Å². The van der Waals surface area contributed by atoms with E-state index in [1.807, 2.05) is 36.4 Å². The fraction of sp³-hybridized carbons (Fsp3) is 0.222. The molecule has 0 bridgehead atoms. The van der Waals surface area contributed by atoms with Crippen LogP contribution in [-0.4, -0.2) is 24.0 Å². The fourth-order valence-electron chi connectivity index (χ4n) is 1.77. The van der Waals surface area contributed by atoms with Gasteiger partial charge in [-0.05, 0) is 11.1 Å². The Hall–Kier alpha value is -1.72. The van der Waals surface area contributed by atoms with Gasteiger partial charge in [0.2, 0.25) is 0 Å². The Labute approximate surface area is 145 Å². The summed E-state index contributed by atoms with van der Waals surface area (Å²) < 4.78 is 5.57. The zero-order valence-corrected chi connectivity index (χ0v) is 14.6. The number of thioether (sulfide) groups is 2. The third-order valence-electron chi connectivity index (χ3n) is 2.98. The standard InChI is InChI=1S/C18H19NO2S2/c1-21-17(20)12-19-18(22-13-15-8-4-2-5-9-15)23-14-16-10-6-3-7-11-16/h2-11H,12-14H2,1H3. The topological polar surface area (TPSA) is 38.7 Å². The number of methoxy groups -OCH3 is 1. The van der Waals surface area contributed by atoms with Gasteiger partial charge in [-0.15, -0.1) is 0 Å². The molecule has 0 fully saturated rings. The van der Waals surface area contributed by atoms with Crippen LogP contribution >= 0.6 is 23.5 Å². The molecule has 0 aromatic heterocycles. The third-order valence-corrected chi connectivity index (χ3v) is 5.39. The highest BCUT2D eigenvalue weighted by Gasteiger charge is 2.06.